The fourth-order valence-corrected chi connectivity index (χ4v) is 5.47. The molecule has 2 aromatic carbocycles. The van der Waals surface area contributed by atoms with Gasteiger partial charge in [-0.2, -0.15) is 0 Å². The number of carbonyl (C=O) groups excluding carboxylic acids is 1. The van der Waals surface area contributed by atoms with Crippen LogP contribution in [0.1, 0.15) is 26.8 Å². The van der Waals surface area contributed by atoms with Crippen LogP contribution in [0.25, 0.3) is 0 Å². The van der Waals surface area contributed by atoms with Gasteiger partial charge in [0.05, 0.1) is 10.9 Å². The summed E-state index contributed by atoms with van der Waals surface area (Å²) in [7, 11) is -1.58. The van der Waals surface area contributed by atoms with Crippen molar-refractivity contribution in [1.82, 2.24) is 14.5 Å². The molecule has 1 saturated heterocycles. The lowest BCUT2D eigenvalue weighted by Gasteiger charge is -2.40. The molecule has 0 radical (unpaired) electrons. The van der Waals surface area contributed by atoms with Crippen LogP contribution in [0.2, 0.25) is 0 Å². The maximum absolute atomic E-state index is 13.3. The van der Waals surface area contributed by atoms with E-state index in [-0.39, 0.29) is 23.4 Å². The highest BCUT2D eigenvalue weighted by Crippen LogP contribution is 2.27. The first-order valence-electron chi connectivity index (χ1n) is 10.1. The summed E-state index contributed by atoms with van der Waals surface area (Å²) >= 11 is 1.50. The highest BCUT2D eigenvalue weighted by Gasteiger charge is 2.31. The molecule has 1 amide bonds. The normalized spacial score (nSPS) is 17.6. The Labute approximate surface area is 187 Å². The smallest absolute Gasteiger partial charge is 0.254 e. The average molecular weight is 456 g/mol. The summed E-state index contributed by atoms with van der Waals surface area (Å²) in [6, 6.07) is 19.9. The molecule has 2 heterocycles. The number of rotatable bonds is 6. The lowest BCUT2D eigenvalue weighted by Crippen LogP contribution is -2.49. The molecule has 0 saturated carbocycles. The van der Waals surface area contributed by atoms with E-state index in [1.807, 2.05) is 52.7 Å². The van der Waals surface area contributed by atoms with Gasteiger partial charge in [-0.3, -0.25) is 4.79 Å². The molecule has 1 fully saturated rings. The van der Waals surface area contributed by atoms with E-state index in [0.29, 0.717) is 12.1 Å². The number of piperazine rings is 1. The molecule has 1 atom stereocenters. The summed E-state index contributed by atoms with van der Waals surface area (Å²) in [6.45, 7) is 2.43. The lowest BCUT2D eigenvalue weighted by atomic mass is 10.0. The number of nitrogens with zero attached hydrogens (tertiary/aromatic N) is 2. The van der Waals surface area contributed by atoms with E-state index in [1.54, 1.807) is 12.1 Å². The molecule has 1 aromatic heterocycles. The van der Waals surface area contributed by atoms with Gasteiger partial charge in [0.25, 0.3) is 5.91 Å². The summed E-state index contributed by atoms with van der Waals surface area (Å²) in [5, 5.41) is 1.91. The minimum Gasteiger partial charge on any atom is -0.329 e. The third kappa shape index (κ3) is 5.04. The molecule has 8 heteroatoms. The third-order valence-corrected chi connectivity index (χ3v) is 7.75. The van der Waals surface area contributed by atoms with Crippen LogP contribution in [0.5, 0.6) is 0 Å². The van der Waals surface area contributed by atoms with Gasteiger partial charge in [0.2, 0.25) is 10.0 Å². The average Bonchev–Trinajstić information content (AvgIpc) is 3.32. The Hall–Kier alpha value is -2.52. The molecule has 0 bridgehead atoms. The minimum absolute atomic E-state index is 0.0386. The van der Waals surface area contributed by atoms with Gasteiger partial charge in [0.1, 0.15) is 0 Å². The molecule has 1 aliphatic heterocycles. The van der Waals surface area contributed by atoms with Crippen molar-refractivity contribution in [2.75, 3.05) is 26.7 Å². The Morgan fingerprint density at radius 3 is 2.45 bits per heavy atom. The Bertz CT molecular complexity index is 1110. The molecule has 4 rings (SSSR count). The highest BCUT2D eigenvalue weighted by molar-refractivity contribution is 7.89. The van der Waals surface area contributed by atoms with E-state index in [1.165, 1.54) is 23.5 Å². The molecule has 1 aliphatic rings. The van der Waals surface area contributed by atoms with Crippen molar-refractivity contribution in [3.8, 4) is 0 Å². The van der Waals surface area contributed by atoms with Crippen LogP contribution in [0.15, 0.2) is 77.0 Å². The first-order valence-corrected chi connectivity index (χ1v) is 12.5. The van der Waals surface area contributed by atoms with Crippen molar-refractivity contribution in [2.24, 2.45) is 0 Å². The van der Waals surface area contributed by atoms with Gasteiger partial charge in [-0.15, -0.1) is 11.3 Å². The van der Waals surface area contributed by atoms with Gasteiger partial charge < -0.3 is 9.80 Å². The number of carbonyl (C=O) groups is 1. The number of nitrogens with one attached hydrogen (secondary N) is 1. The van der Waals surface area contributed by atoms with Crippen LogP contribution >= 0.6 is 11.3 Å². The maximum Gasteiger partial charge on any atom is 0.254 e. The van der Waals surface area contributed by atoms with Crippen LogP contribution in [0.3, 0.4) is 0 Å². The molecule has 162 valence electrons. The largest absolute Gasteiger partial charge is 0.329 e. The van der Waals surface area contributed by atoms with Gasteiger partial charge in [-0.05, 0) is 48.3 Å². The zero-order valence-corrected chi connectivity index (χ0v) is 18.9. The molecule has 6 nitrogen and oxygen atoms in total. The number of hydrogen-bond donors (Lipinski definition) is 1. The Kier molecular flexibility index (Phi) is 6.52. The summed E-state index contributed by atoms with van der Waals surface area (Å²) in [4.78, 5) is 18.5. The van der Waals surface area contributed by atoms with Crippen LogP contribution in [0.4, 0.5) is 0 Å². The lowest BCUT2D eigenvalue weighted by molar-refractivity contribution is 0.0498. The molecule has 0 spiro atoms. The highest BCUT2D eigenvalue weighted by atomic mass is 32.2. The Morgan fingerprint density at radius 1 is 1.03 bits per heavy atom. The maximum atomic E-state index is 13.3. The van der Waals surface area contributed by atoms with E-state index >= 15 is 0 Å². The summed E-state index contributed by atoms with van der Waals surface area (Å²) in [5.41, 5.74) is 1.59. The monoisotopic (exact) mass is 455 g/mol. The summed E-state index contributed by atoms with van der Waals surface area (Å²) < 4.78 is 27.8. The number of sulfonamides is 1. The molecule has 1 N–H and O–H groups in total. The number of likely N-dealkylation sites (N-methyl/N-ethyl adjacent to an activating group) is 1. The van der Waals surface area contributed by atoms with E-state index in [9.17, 15) is 13.2 Å². The van der Waals surface area contributed by atoms with Crippen molar-refractivity contribution < 1.29 is 13.2 Å². The second kappa shape index (κ2) is 9.32. The van der Waals surface area contributed by atoms with Gasteiger partial charge in [-0.25, -0.2) is 13.1 Å². The molecule has 0 aliphatic carbocycles. The van der Waals surface area contributed by atoms with Crippen molar-refractivity contribution in [3.05, 3.63) is 88.1 Å². The van der Waals surface area contributed by atoms with Crippen molar-refractivity contribution in [3.63, 3.8) is 0 Å². The van der Waals surface area contributed by atoms with Crippen LogP contribution < -0.4 is 4.72 Å². The first-order chi connectivity index (χ1) is 14.9. The van der Waals surface area contributed by atoms with Crippen LogP contribution in [-0.2, 0) is 16.6 Å². The van der Waals surface area contributed by atoms with E-state index in [2.05, 4.69) is 16.7 Å². The van der Waals surface area contributed by atoms with E-state index in [4.69, 9.17) is 0 Å². The van der Waals surface area contributed by atoms with Crippen LogP contribution in [0, 0.1) is 0 Å². The van der Waals surface area contributed by atoms with Gasteiger partial charge >= 0.3 is 0 Å². The number of hydrogen-bond acceptors (Lipinski definition) is 5. The summed E-state index contributed by atoms with van der Waals surface area (Å²) in [6.07, 6.45) is 0. The second-order valence-corrected chi connectivity index (χ2v) is 10.4. The molecule has 3 aromatic rings. The minimum atomic E-state index is -3.64. The quantitative estimate of drug-likeness (QED) is 0.619. The molecular formula is C23H25N3O3S2. The number of thiophene rings is 1. The fourth-order valence-electron chi connectivity index (χ4n) is 3.73. The predicted molar refractivity (Wildman–Crippen MR) is 123 cm³/mol. The molecule has 31 heavy (non-hydrogen) atoms. The van der Waals surface area contributed by atoms with Gasteiger partial charge in [0.15, 0.2) is 0 Å². The third-order valence-electron chi connectivity index (χ3n) is 5.46. The van der Waals surface area contributed by atoms with E-state index in [0.717, 1.165) is 23.5 Å². The van der Waals surface area contributed by atoms with Gasteiger partial charge in [-0.1, -0.05) is 36.4 Å². The first kappa shape index (κ1) is 21.7. The molecular weight excluding hydrogens is 430 g/mol. The Morgan fingerprint density at radius 2 is 1.77 bits per heavy atom. The predicted octanol–water partition coefficient (Wildman–Crippen LogP) is 3.36. The number of amides is 1. The van der Waals surface area contributed by atoms with E-state index < -0.39 is 10.0 Å². The van der Waals surface area contributed by atoms with Crippen molar-refractivity contribution >= 4 is 27.3 Å². The number of benzene rings is 2. The van der Waals surface area contributed by atoms with Crippen molar-refractivity contribution in [1.29, 1.82) is 0 Å². The van der Waals surface area contributed by atoms with Crippen molar-refractivity contribution in [2.45, 2.75) is 17.5 Å². The standard InChI is InChI=1S/C23H25N3O3S2/c1-25-13-14-26(22(17-25)18-6-3-2-4-7-18)23(27)19-9-11-21(12-10-19)31(28,29)24-16-20-8-5-15-30-20/h2-12,15,22,24H,13-14,16-17H2,1H3. The second-order valence-electron chi connectivity index (χ2n) is 7.62. The molecule has 1 unspecified atom stereocenters. The zero-order valence-electron chi connectivity index (χ0n) is 17.3. The van der Waals surface area contributed by atoms with Crippen LogP contribution in [-0.4, -0.2) is 50.8 Å². The SMILES string of the molecule is CN1CCN(C(=O)c2ccc(S(=O)(=O)NCc3cccs3)cc2)C(c2ccccc2)C1. The Balaban J connectivity index is 1.50. The van der Waals surface area contributed by atoms with Gasteiger partial charge in [0, 0.05) is 36.6 Å². The fraction of sp³-hybridized carbons (Fsp3) is 0.261. The zero-order chi connectivity index (χ0) is 21.8. The topological polar surface area (TPSA) is 69.7 Å². The summed E-state index contributed by atoms with van der Waals surface area (Å²) in [5.74, 6) is -0.0857.